The predicted molar refractivity (Wildman–Crippen MR) is 94.0 cm³/mol. The molecule has 6 nitrogen and oxygen atoms in total. The molecule has 0 saturated carbocycles. The van der Waals surface area contributed by atoms with Crippen LogP contribution in [0.2, 0.25) is 0 Å². The molecule has 0 aliphatic carbocycles. The van der Waals surface area contributed by atoms with Gasteiger partial charge in [-0.05, 0) is 47.5 Å². The average molecular weight is 337 g/mol. The normalized spacial score (nSPS) is 10.3. The van der Waals surface area contributed by atoms with Crippen molar-refractivity contribution in [2.24, 2.45) is 0 Å². The highest BCUT2D eigenvalue weighted by Crippen LogP contribution is 2.18. The summed E-state index contributed by atoms with van der Waals surface area (Å²) in [6.45, 7) is 0.856. The van der Waals surface area contributed by atoms with Gasteiger partial charge in [-0.1, -0.05) is 12.1 Å². The molecule has 128 valence electrons. The van der Waals surface area contributed by atoms with Crippen molar-refractivity contribution in [1.29, 1.82) is 0 Å². The molecule has 2 heterocycles. The number of methoxy groups -OCH3 is 1. The van der Waals surface area contributed by atoms with E-state index in [1.165, 1.54) is 0 Å². The summed E-state index contributed by atoms with van der Waals surface area (Å²) >= 11 is 0. The Morgan fingerprint density at radius 1 is 1.08 bits per heavy atom. The molecule has 0 unspecified atom stereocenters. The summed E-state index contributed by atoms with van der Waals surface area (Å²) in [4.78, 5) is 16.2. The molecule has 2 N–H and O–H groups in total. The Hall–Kier alpha value is -3.28. The van der Waals surface area contributed by atoms with E-state index in [9.17, 15) is 4.79 Å². The van der Waals surface area contributed by atoms with Gasteiger partial charge in [0.05, 0.1) is 13.4 Å². The molecule has 0 saturated heterocycles. The van der Waals surface area contributed by atoms with Gasteiger partial charge < -0.3 is 19.8 Å². The summed E-state index contributed by atoms with van der Waals surface area (Å²) in [7, 11) is 1.62. The van der Waals surface area contributed by atoms with Gasteiger partial charge in [-0.15, -0.1) is 0 Å². The Labute approximate surface area is 145 Å². The fraction of sp³-hybridized carbons (Fsp3) is 0.158. The van der Waals surface area contributed by atoms with Crippen LogP contribution in [0.25, 0.3) is 11.5 Å². The number of nitrogens with zero attached hydrogens (tertiary/aromatic N) is 1. The number of furan rings is 1. The number of ether oxygens (including phenoxy) is 1. The molecular formula is C19H19N3O3. The Kier molecular flexibility index (Phi) is 5.31. The third-order valence-electron chi connectivity index (χ3n) is 3.66. The maximum atomic E-state index is 11.9. The van der Waals surface area contributed by atoms with E-state index < -0.39 is 0 Å². The molecule has 0 radical (unpaired) electrons. The molecule has 25 heavy (non-hydrogen) atoms. The molecule has 0 bridgehead atoms. The highest BCUT2D eigenvalue weighted by Gasteiger charge is 2.05. The van der Waals surface area contributed by atoms with E-state index in [1.54, 1.807) is 19.6 Å². The predicted octanol–water partition coefficient (Wildman–Crippen LogP) is 3.35. The Morgan fingerprint density at radius 3 is 2.52 bits per heavy atom. The van der Waals surface area contributed by atoms with Crippen molar-refractivity contribution in [2.45, 2.75) is 13.1 Å². The van der Waals surface area contributed by atoms with Crippen LogP contribution in [0.1, 0.15) is 11.1 Å². The lowest BCUT2D eigenvalue weighted by Gasteiger charge is -2.09. The number of rotatable bonds is 6. The quantitative estimate of drug-likeness (QED) is 0.723. The van der Waals surface area contributed by atoms with Crippen LogP contribution >= 0.6 is 0 Å². The number of carbonyl (C=O) groups is 1. The van der Waals surface area contributed by atoms with Crippen molar-refractivity contribution in [1.82, 2.24) is 15.6 Å². The number of hydrogen-bond donors (Lipinski definition) is 2. The van der Waals surface area contributed by atoms with Gasteiger partial charge in [0.1, 0.15) is 11.4 Å². The molecule has 0 fully saturated rings. The summed E-state index contributed by atoms with van der Waals surface area (Å²) in [5.74, 6) is 1.49. The molecule has 3 aromatic rings. The zero-order chi connectivity index (χ0) is 17.5. The van der Waals surface area contributed by atoms with Crippen molar-refractivity contribution in [3.05, 3.63) is 72.1 Å². The van der Waals surface area contributed by atoms with Crippen molar-refractivity contribution < 1.29 is 13.9 Å². The van der Waals surface area contributed by atoms with Gasteiger partial charge in [0.15, 0.2) is 5.76 Å². The van der Waals surface area contributed by atoms with Crippen LogP contribution in [0.4, 0.5) is 4.79 Å². The first-order valence-corrected chi connectivity index (χ1v) is 7.88. The molecule has 3 rings (SSSR count). The van der Waals surface area contributed by atoms with Crippen LogP contribution in [-0.2, 0) is 13.1 Å². The molecule has 2 aromatic heterocycles. The van der Waals surface area contributed by atoms with Gasteiger partial charge in [0, 0.05) is 19.3 Å². The van der Waals surface area contributed by atoms with E-state index in [1.807, 2.05) is 48.5 Å². The lowest BCUT2D eigenvalue weighted by Crippen LogP contribution is -2.34. The fourth-order valence-corrected chi connectivity index (χ4v) is 2.31. The molecule has 2 amide bonds. The molecule has 1 aromatic carbocycles. The van der Waals surface area contributed by atoms with Gasteiger partial charge in [0.2, 0.25) is 0 Å². The maximum absolute atomic E-state index is 11.9. The zero-order valence-electron chi connectivity index (χ0n) is 13.9. The van der Waals surface area contributed by atoms with Crippen LogP contribution in [0.5, 0.6) is 5.75 Å². The minimum atomic E-state index is -0.229. The third-order valence-corrected chi connectivity index (χ3v) is 3.66. The first kappa shape index (κ1) is 16.6. The summed E-state index contributed by atoms with van der Waals surface area (Å²) in [6, 6.07) is 14.7. The third kappa shape index (κ3) is 4.60. The number of benzene rings is 1. The maximum Gasteiger partial charge on any atom is 0.315 e. The number of hydrogen-bond acceptors (Lipinski definition) is 4. The number of nitrogens with one attached hydrogen (secondary N) is 2. The number of aromatic nitrogens is 1. The van der Waals surface area contributed by atoms with E-state index in [0.717, 1.165) is 22.6 Å². The van der Waals surface area contributed by atoms with Crippen LogP contribution < -0.4 is 15.4 Å². The van der Waals surface area contributed by atoms with Gasteiger partial charge in [-0.2, -0.15) is 0 Å². The van der Waals surface area contributed by atoms with Crippen molar-refractivity contribution in [3.63, 3.8) is 0 Å². The monoisotopic (exact) mass is 337 g/mol. The number of amides is 2. The SMILES string of the molecule is COc1ccc(CNC(=O)NCc2ccnc(-c3ccco3)c2)cc1. The van der Waals surface area contributed by atoms with Crippen LogP contribution in [0.15, 0.2) is 65.4 Å². The number of urea groups is 1. The first-order valence-electron chi connectivity index (χ1n) is 7.88. The van der Waals surface area contributed by atoms with E-state index in [0.29, 0.717) is 18.8 Å². The fourth-order valence-electron chi connectivity index (χ4n) is 2.31. The van der Waals surface area contributed by atoms with Gasteiger partial charge in [-0.25, -0.2) is 4.79 Å². The summed E-state index contributed by atoms with van der Waals surface area (Å²) in [5.41, 5.74) is 2.68. The van der Waals surface area contributed by atoms with Crippen molar-refractivity contribution in [3.8, 4) is 17.2 Å². The second kappa shape index (κ2) is 8.01. The molecule has 6 heteroatoms. The van der Waals surface area contributed by atoms with Crippen LogP contribution in [-0.4, -0.2) is 18.1 Å². The largest absolute Gasteiger partial charge is 0.497 e. The van der Waals surface area contributed by atoms with Gasteiger partial charge >= 0.3 is 6.03 Å². The first-order chi connectivity index (χ1) is 12.2. The van der Waals surface area contributed by atoms with Crippen LogP contribution in [0, 0.1) is 0 Å². The molecular weight excluding hydrogens is 318 g/mol. The highest BCUT2D eigenvalue weighted by atomic mass is 16.5. The second-order valence-electron chi connectivity index (χ2n) is 5.41. The highest BCUT2D eigenvalue weighted by molar-refractivity contribution is 5.73. The Morgan fingerprint density at radius 2 is 1.84 bits per heavy atom. The molecule has 0 aliphatic heterocycles. The number of carbonyl (C=O) groups excluding carboxylic acids is 1. The molecule has 0 aliphatic rings. The zero-order valence-corrected chi connectivity index (χ0v) is 13.9. The average Bonchev–Trinajstić information content (AvgIpc) is 3.20. The van der Waals surface area contributed by atoms with E-state index in [-0.39, 0.29) is 6.03 Å². The van der Waals surface area contributed by atoms with Crippen molar-refractivity contribution in [2.75, 3.05) is 7.11 Å². The van der Waals surface area contributed by atoms with E-state index in [4.69, 9.17) is 9.15 Å². The summed E-state index contributed by atoms with van der Waals surface area (Å²) < 4.78 is 10.4. The van der Waals surface area contributed by atoms with Crippen molar-refractivity contribution >= 4 is 6.03 Å². The lowest BCUT2D eigenvalue weighted by molar-refractivity contribution is 0.240. The minimum Gasteiger partial charge on any atom is -0.497 e. The lowest BCUT2D eigenvalue weighted by atomic mass is 10.2. The Balaban J connectivity index is 1.49. The Bertz CT molecular complexity index is 814. The standard InChI is InChI=1S/C19H19N3O3/c1-24-16-6-4-14(5-7-16)12-21-19(23)22-13-15-8-9-20-17(11-15)18-3-2-10-25-18/h2-11H,12-13H2,1H3,(H2,21,22,23). The van der Waals surface area contributed by atoms with Crippen LogP contribution in [0.3, 0.4) is 0 Å². The second-order valence-corrected chi connectivity index (χ2v) is 5.41. The summed E-state index contributed by atoms with van der Waals surface area (Å²) in [6.07, 6.45) is 3.30. The van der Waals surface area contributed by atoms with Gasteiger partial charge in [0.25, 0.3) is 0 Å². The molecule has 0 atom stereocenters. The smallest absolute Gasteiger partial charge is 0.315 e. The molecule has 0 spiro atoms. The minimum absolute atomic E-state index is 0.229. The van der Waals surface area contributed by atoms with E-state index in [2.05, 4.69) is 15.6 Å². The summed E-state index contributed by atoms with van der Waals surface area (Å²) in [5, 5.41) is 5.65. The number of pyridine rings is 1. The topological polar surface area (TPSA) is 76.4 Å². The van der Waals surface area contributed by atoms with Gasteiger partial charge in [-0.3, -0.25) is 4.98 Å². The van der Waals surface area contributed by atoms with E-state index >= 15 is 0 Å².